The molecular weight excluding hydrogens is 168 g/mol. The molecule has 70 valence electrons. The second-order valence-corrected chi connectivity index (χ2v) is 3.08. The molecule has 2 rings (SSSR count). The van der Waals surface area contributed by atoms with Gasteiger partial charge in [-0.1, -0.05) is 0 Å². The number of carbonyl (C=O) groups is 1. The van der Waals surface area contributed by atoms with Crippen molar-refractivity contribution in [2.45, 2.75) is 13.0 Å². The maximum atomic E-state index is 11.3. The molecule has 2 amide bonds. The average molecular weight is 180 g/mol. The Hall–Kier alpha value is -1.45. The fourth-order valence-electron chi connectivity index (χ4n) is 1.21. The van der Waals surface area contributed by atoms with Crippen LogP contribution in [-0.2, 0) is 6.54 Å². The molecule has 0 unspecified atom stereocenters. The molecule has 1 N–H and O–H groups in total. The van der Waals surface area contributed by atoms with Gasteiger partial charge in [0.1, 0.15) is 5.76 Å². The quantitative estimate of drug-likeness (QED) is 0.743. The molecule has 1 aliphatic rings. The van der Waals surface area contributed by atoms with Crippen LogP contribution in [0, 0.1) is 0 Å². The van der Waals surface area contributed by atoms with E-state index in [1.165, 1.54) is 0 Å². The van der Waals surface area contributed by atoms with Gasteiger partial charge in [-0.2, -0.15) is 0 Å². The number of hydrogen-bond acceptors (Lipinski definition) is 2. The first-order valence-electron chi connectivity index (χ1n) is 4.41. The van der Waals surface area contributed by atoms with Crippen LogP contribution in [0.5, 0.6) is 0 Å². The van der Waals surface area contributed by atoms with Crippen molar-refractivity contribution >= 4 is 6.03 Å². The number of nitrogens with one attached hydrogen (secondary N) is 1. The van der Waals surface area contributed by atoms with E-state index in [4.69, 9.17) is 4.42 Å². The minimum Gasteiger partial charge on any atom is -0.467 e. The highest BCUT2D eigenvalue weighted by Crippen LogP contribution is 2.06. The van der Waals surface area contributed by atoms with Crippen LogP contribution in [0.15, 0.2) is 22.8 Å². The fraction of sp³-hybridized carbons (Fsp3) is 0.444. The lowest BCUT2D eigenvalue weighted by Gasteiger charge is -2.30. The van der Waals surface area contributed by atoms with E-state index in [1.807, 2.05) is 12.1 Å². The van der Waals surface area contributed by atoms with Gasteiger partial charge in [0, 0.05) is 13.1 Å². The normalized spacial score (nSPS) is 15.2. The smallest absolute Gasteiger partial charge is 0.317 e. The van der Waals surface area contributed by atoms with Crippen molar-refractivity contribution in [3.63, 3.8) is 0 Å². The van der Waals surface area contributed by atoms with Gasteiger partial charge in [-0.05, 0) is 18.6 Å². The molecule has 1 fully saturated rings. The van der Waals surface area contributed by atoms with Crippen molar-refractivity contribution in [1.82, 2.24) is 10.2 Å². The lowest BCUT2D eigenvalue weighted by atomic mass is 10.2. The summed E-state index contributed by atoms with van der Waals surface area (Å²) in [5, 5.41) is 2.78. The SMILES string of the molecule is O=C(NCc1ccco1)N1CCC1. The van der Waals surface area contributed by atoms with Crippen molar-refractivity contribution in [3.05, 3.63) is 24.2 Å². The summed E-state index contributed by atoms with van der Waals surface area (Å²) in [7, 11) is 0. The van der Waals surface area contributed by atoms with Crippen LogP contribution in [0.3, 0.4) is 0 Å². The number of carbonyl (C=O) groups excluding carboxylic acids is 1. The molecule has 0 aliphatic carbocycles. The summed E-state index contributed by atoms with van der Waals surface area (Å²) in [5.41, 5.74) is 0. The lowest BCUT2D eigenvalue weighted by Crippen LogP contribution is -2.47. The van der Waals surface area contributed by atoms with Gasteiger partial charge in [-0.3, -0.25) is 0 Å². The minimum atomic E-state index is 0.00245. The molecule has 1 aliphatic heterocycles. The molecule has 0 aromatic carbocycles. The number of likely N-dealkylation sites (tertiary alicyclic amines) is 1. The van der Waals surface area contributed by atoms with Crippen LogP contribution in [0.4, 0.5) is 4.79 Å². The van der Waals surface area contributed by atoms with E-state index in [0.717, 1.165) is 25.3 Å². The summed E-state index contributed by atoms with van der Waals surface area (Å²) in [6, 6.07) is 3.66. The van der Waals surface area contributed by atoms with Gasteiger partial charge in [0.25, 0.3) is 0 Å². The van der Waals surface area contributed by atoms with Gasteiger partial charge >= 0.3 is 6.03 Å². The van der Waals surface area contributed by atoms with Crippen molar-refractivity contribution < 1.29 is 9.21 Å². The molecule has 2 heterocycles. The Balaban J connectivity index is 1.76. The highest BCUT2D eigenvalue weighted by atomic mass is 16.3. The number of hydrogen-bond donors (Lipinski definition) is 1. The zero-order valence-electron chi connectivity index (χ0n) is 7.32. The molecule has 0 spiro atoms. The molecule has 1 saturated heterocycles. The van der Waals surface area contributed by atoms with Crippen LogP contribution in [0.25, 0.3) is 0 Å². The van der Waals surface area contributed by atoms with E-state index < -0.39 is 0 Å². The molecule has 13 heavy (non-hydrogen) atoms. The third-order valence-electron chi connectivity index (χ3n) is 2.14. The Morgan fingerprint density at radius 1 is 1.62 bits per heavy atom. The van der Waals surface area contributed by atoms with Crippen LogP contribution in [-0.4, -0.2) is 24.0 Å². The van der Waals surface area contributed by atoms with E-state index in [2.05, 4.69) is 5.32 Å². The van der Waals surface area contributed by atoms with Gasteiger partial charge in [-0.25, -0.2) is 4.79 Å². The first kappa shape index (κ1) is 8.16. The largest absolute Gasteiger partial charge is 0.467 e. The Labute approximate surface area is 76.5 Å². The van der Waals surface area contributed by atoms with Crippen molar-refractivity contribution in [2.24, 2.45) is 0 Å². The highest BCUT2D eigenvalue weighted by molar-refractivity contribution is 5.74. The monoisotopic (exact) mass is 180 g/mol. The van der Waals surface area contributed by atoms with E-state index in [0.29, 0.717) is 6.54 Å². The first-order valence-corrected chi connectivity index (χ1v) is 4.41. The van der Waals surface area contributed by atoms with Crippen molar-refractivity contribution in [3.8, 4) is 0 Å². The molecule has 4 nitrogen and oxygen atoms in total. The highest BCUT2D eigenvalue weighted by Gasteiger charge is 2.19. The molecule has 0 bridgehead atoms. The lowest BCUT2D eigenvalue weighted by molar-refractivity contribution is 0.166. The molecule has 1 aromatic rings. The summed E-state index contributed by atoms with van der Waals surface area (Å²) in [4.78, 5) is 13.1. The van der Waals surface area contributed by atoms with E-state index in [-0.39, 0.29) is 6.03 Å². The van der Waals surface area contributed by atoms with E-state index >= 15 is 0 Å². The third kappa shape index (κ3) is 1.83. The van der Waals surface area contributed by atoms with Gasteiger partial charge in [0.15, 0.2) is 0 Å². The fourth-order valence-corrected chi connectivity index (χ4v) is 1.21. The molecule has 0 radical (unpaired) electrons. The summed E-state index contributed by atoms with van der Waals surface area (Å²) in [5.74, 6) is 0.786. The van der Waals surface area contributed by atoms with E-state index in [9.17, 15) is 4.79 Å². The molecule has 0 saturated carbocycles. The molecule has 1 aromatic heterocycles. The summed E-state index contributed by atoms with van der Waals surface area (Å²) in [6.07, 6.45) is 2.72. The number of nitrogens with zero attached hydrogens (tertiary/aromatic N) is 1. The maximum Gasteiger partial charge on any atom is 0.317 e. The first-order chi connectivity index (χ1) is 6.36. The topological polar surface area (TPSA) is 45.5 Å². The Morgan fingerprint density at radius 3 is 3.00 bits per heavy atom. The number of rotatable bonds is 2. The Bertz CT molecular complexity index is 278. The predicted molar refractivity (Wildman–Crippen MR) is 47.1 cm³/mol. The zero-order chi connectivity index (χ0) is 9.10. The van der Waals surface area contributed by atoms with Crippen molar-refractivity contribution in [1.29, 1.82) is 0 Å². The molecule has 4 heteroatoms. The number of furan rings is 1. The van der Waals surface area contributed by atoms with Crippen LogP contribution in [0.2, 0.25) is 0 Å². The van der Waals surface area contributed by atoms with Crippen LogP contribution < -0.4 is 5.32 Å². The Morgan fingerprint density at radius 2 is 2.46 bits per heavy atom. The van der Waals surface area contributed by atoms with Gasteiger partial charge < -0.3 is 14.6 Å². The van der Waals surface area contributed by atoms with Crippen LogP contribution in [0.1, 0.15) is 12.2 Å². The predicted octanol–water partition coefficient (Wildman–Crippen LogP) is 1.19. The molecule has 0 atom stereocenters. The molecular formula is C9H12N2O2. The van der Waals surface area contributed by atoms with Gasteiger partial charge in [0.2, 0.25) is 0 Å². The van der Waals surface area contributed by atoms with E-state index in [1.54, 1.807) is 11.2 Å². The minimum absolute atomic E-state index is 0.00245. The maximum absolute atomic E-state index is 11.3. The second-order valence-electron chi connectivity index (χ2n) is 3.08. The average Bonchev–Trinajstić information content (AvgIpc) is 2.49. The third-order valence-corrected chi connectivity index (χ3v) is 2.14. The van der Waals surface area contributed by atoms with Crippen molar-refractivity contribution in [2.75, 3.05) is 13.1 Å². The van der Waals surface area contributed by atoms with Gasteiger partial charge in [-0.15, -0.1) is 0 Å². The van der Waals surface area contributed by atoms with Gasteiger partial charge in [0.05, 0.1) is 12.8 Å². The second kappa shape index (κ2) is 3.51. The number of urea groups is 1. The summed E-state index contributed by atoms with van der Waals surface area (Å²) < 4.78 is 5.08. The Kier molecular flexibility index (Phi) is 2.21. The van der Waals surface area contributed by atoms with Crippen LogP contribution >= 0.6 is 0 Å². The summed E-state index contributed by atoms with van der Waals surface area (Å²) in [6.45, 7) is 2.23. The zero-order valence-corrected chi connectivity index (χ0v) is 7.32. The standard InChI is InChI=1S/C9H12N2O2/c12-9(11-4-2-5-11)10-7-8-3-1-6-13-8/h1,3,6H,2,4-5,7H2,(H,10,12). The summed E-state index contributed by atoms with van der Waals surface area (Å²) >= 11 is 0. The number of amides is 2.